The topological polar surface area (TPSA) is 58.2 Å². The van der Waals surface area contributed by atoms with Gasteiger partial charge in [0.05, 0.1) is 0 Å². The molecule has 0 saturated heterocycles. The summed E-state index contributed by atoms with van der Waals surface area (Å²) in [4.78, 5) is 24.0. The number of carbonyl (C=O) groups is 2. The number of rotatable bonds is 5. The molecule has 0 unspecified atom stereocenters. The quantitative estimate of drug-likeness (QED) is 0.835. The largest absolute Gasteiger partial charge is 0.352 e. The fourth-order valence-corrected chi connectivity index (χ4v) is 2.47. The van der Waals surface area contributed by atoms with Crippen molar-refractivity contribution in [3.63, 3.8) is 0 Å². The third-order valence-electron chi connectivity index (χ3n) is 3.49. The maximum atomic E-state index is 12.0. The molecule has 0 heterocycles. The van der Waals surface area contributed by atoms with Crippen molar-refractivity contribution in [2.75, 3.05) is 11.9 Å². The van der Waals surface area contributed by atoms with Crippen LogP contribution in [0, 0.1) is 13.8 Å². The number of benzene rings is 2. The predicted molar refractivity (Wildman–Crippen MR) is 95.6 cm³/mol. The van der Waals surface area contributed by atoms with Gasteiger partial charge in [-0.15, -0.1) is 0 Å². The van der Waals surface area contributed by atoms with Crippen LogP contribution < -0.4 is 10.6 Å². The molecule has 0 radical (unpaired) electrons. The Morgan fingerprint density at radius 3 is 2.22 bits per heavy atom. The van der Waals surface area contributed by atoms with Gasteiger partial charge in [0.1, 0.15) is 0 Å². The molecule has 2 aromatic carbocycles. The monoisotopic (exact) mass is 374 g/mol. The number of aryl methyl sites for hydroxylation is 2. The number of nitrogens with one attached hydrogen (secondary N) is 2. The summed E-state index contributed by atoms with van der Waals surface area (Å²) in [5.41, 5.74) is 3.47. The summed E-state index contributed by atoms with van der Waals surface area (Å²) in [6, 6.07) is 13.0. The van der Waals surface area contributed by atoms with Crippen molar-refractivity contribution in [3.05, 3.63) is 63.6 Å². The number of carbonyl (C=O) groups excluding carboxylic acids is 2. The van der Waals surface area contributed by atoms with E-state index in [2.05, 4.69) is 26.6 Å². The lowest BCUT2D eigenvalue weighted by molar-refractivity contribution is -0.116. The van der Waals surface area contributed by atoms with Crippen LogP contribution >= 0.6 is 15.9 Å². The van der Waals surface area contributed by atoms with E-state index in [1.165, 1.54) is 0 Å². The molecule has 0 saturated carbocycles. The van der Waals surface area contributed by atoms with Crippen molar-refractivity contribution in [2.24, 2.45) is 0 Å². The Morgan fingerprint density at radius 1 is 1.00 bits per heavy atom. The molecule has 4 nitrogen and oxygen atoms in total. The lowest BCUT2D eigenvalue weighted by Crippen LogP contribution is -2.27. The van der Waals surface area contributed by atoms with E-state index in [-0.39, 0.29) is 18.2 Å². The first-order valence-corrected chi connectivity index (χ1v) is 8.16. The van der Waals surface area contributed by atoms with E-state index in [1.807, 2.05) is 44.2 Å². The summed E-state index contributed by atoms with van der Waals surface area (Å²) in [5, 5.41) is 5.65. The molecule has 23 heavy (non-hydrogen) atoms. The summed E-state index contributed by atoms with van der Waals surface area (Å²) in [5.74, 6) is -0.295. The van der Waals surface area contributed by atoms with E-state index in [4.69, 9.17) is 0 Å². The van der Waals surface area contributed by atoms with E-state index in [1.54, 1.807) is 12.1 Å². The van der Waals surface area contributed by atoms with Gasteiger partial charge in [-0.1, -0.05) is 34.1 Å². The standard InChI is InChI=1S/C18H19BrN2O2/c1-12-4-3-5-13(2)17(12)21-16(22)10-11-20-18(23)14-6-8-15(19)9-7-14/h3-9H,10-11H2,1-2H3,(H,20,23)(H,21,22). The number of hydrogen-bond donors (Lipinski definition) is 2. The second-order valence-electron chi connectivity index (χ2n) is 5.33. The average molecular weight is 375 g/mol. The zero-order chi connectivity index (χ0) is 16.8. The van der Waals surface area contributed by atoms with Crippen LogP contribution in [0.1, 0.15) is 27.9 Å². The fourth-order valence-electron chi connectivity index (χ4n) is 2.21. The second kappa shape index (κ2) is 7.92. The molecule has 2 aromatic rings. The molecule has 2 N–H and O–H groups in total. The summed E-state index contributed by atoms with van der Waals surface area (Å²) in [6.07, 6.45) is 0.232. The van der Waals surface area contributed by atoms with Crippen LogP contribution in [0.5, 0.6) is 0 Å². The number of anilines is 1. The molecule has 120 valence electrons. The average Bonchev–Trinajstić information content (AvgIpc) is 2.51. The van der Waals surface area contributed by atoms with Gasteiger partial charge in [0.2, 0.25) is 5.91 Å². The van der Waals surface area contributed by atoms with Gasteiger partial charge in [0.25, 0.3) is 5.91 Å². The number of para-hydroxylation sites is 1. The van der Waals surface area contributed by atoms with Crippen LogP contribution in [0.2, 0.25) is 0 Å². The molecule has 0 spiro atoms. The van der Waals surface area contributed by atoms with Gasteiger partial charge in [-0.2, -0.15) is 0 Å². The van der Waals surface area contributed by atoms with Gasteiger partial charge in [-0.3, -0.25) is 9.59 Å². The molecule has 0 aliphatic heterocycles. The predicted octanol–water partition coefficient (Wildman–Crippen LogP) is 3.82. The third-order valence-corrected chi connectivity index (χ3v) is 4.02. The van der Waals surface area contributed by atoms with Crippen molar-refractivity contribution in [2.45, 2.75) is 20.3 Å². The second-order valence-corrected chi connectivity index (χ2v) is 6.24. The maximum absolute atomic E-state index is 12.0. The van der Waals surface area contributed by atoms with Crippen LogP contribution in [0.4, 0.5) is 5.69 Å². The van der Waals surface area contributed by atoms with E-state index < -0.39 is 0 Å². The molecule has 0 atom stereocenters. The summed E-state index contributed by atoms with van der Waals surface area (Å²) in [6.45, 7) is 4.21. The van der Waals surface area contributed by atoms with Crippen molar-refractivity contribution in [1.29, 1.82) is 0 Å². The van der Waals surface area contributed by atoms with Crippen molar-refractivity contribution in [3.8, 4) is 0 Å². The number of halogens is 1. The minimum Gasteiger partial charge on any atom is -0.352 e. The lowest BCUT2D eigenvalue weighted by atomic mass is 10.1. The van der Waals surface area contributed by atoms with Crippen LogP contribution in [-0.4, -0.2) is 18.4 Å². The van der Waals surface area contributed by atoms with Crippen LogP contribution in [0.25, 0.3) is 0 Å². The van der Waals surface area contributed by atoms with E-state index >= 15 is 0 Å². The first kappa shape index (κ1) is 17.2. The van der Waals surface area contributed by atoms with Gasteiger partial charge in [0.15, 0.2) is 0 Å². The van der Waals surface area contributed by atoms with Crippen molar-refractivity contribution < 1.29 is 9.59 Å². The highest BCUT2D eigenvalue weighted by Gasteiger charge is 2.09. The smallest absolute Gasteiger partial charge is 0.251 e. The molecule has 2 rings (SSSR count). The van der Waals surface area contributed by atoms with Gasteiger partial charge in [-0.25, -0.2) is 0 Å². The van der Waals surface area contributed by atoms with Crippen molar-refractivity contribution in [1.82, 2.24) is 5.32 Å². The van der Waals surface area contributed by atoms with Gasteiger partial charge >= 0.3 is 0 Å². The zero-order valence-electron chi connectivity index (χ0n) is 13.2. The zero-order valence-corrected chi connectivity index (χ0v) is 14.7. The van der Waals surface area contributed by atoms with E-state index in [9.17, 15) is 9.59 Å². The normalized spacial score (nSPS) is 10.2. The highest BCUT2D eigenvalue weighted by molar-refractivity contribution is 9.10. The minimum absolute atomic E-state index is 0.112. The molecule has 0 aromatic heterocycles. The van der Waals surface area contributed by atoms with Gasteiger partial charge in [0, 0.05) is 28.7 Å². The Labute approximate surface area is 144 Å². The third kappa shape index (κ3) is 4.93. The minimum atomic E-state index is -0.183. The summed E-state index contributed by atoms with van der Waals surface area (Å²) < 4.78 is 0.919. The molecule has 0 fully saturated rings. The summed E-state index contributed by atoms with van der Waals surface area (Å²) in [7, 11) is 0. The number of amides is 2. The molecule has 0 aliphatic carbocycles. The molecule has 0 bridgehead atoms. The Morgan fingerprint density at radius 2 is 1.61 bits per heavy atom. The van der Waals surface area contributed by atoms with Crippen LogP contribution in [-0.2, 0) is 4.79 Å². The Hall–Kier alpha value is -2.14. The first-order valence-electron chi connectivity index (χ1n) is 7.37. The molecule has 2 amide bonds. The molecule has 5 heteroatoms. The summed E-state index contributed by atoms with van der Waals surface area (Å²) >= 11 is 3.32. The van der Waals surface area contributed by atoms with Crippen LogP contribution in [0.15, 0.2) is 46.9 Å². The molecule has 0 aliphatic rings. The van der Waals surface area contributed by atoms with Gasteiger partial charge < -0.3 is 10.6 Å². The Kier molecular flexibility index (Phi) is 5.93. The number of hydrogen-bond acceptors (Lipinski definition) is 2. The highest BCUT2D eigenvalue weighted by atomic mass is 79.9. The Balaban J connectivity index is 1.83. The highest BCUT2D eigenvalue weighted by Crippen LogP contribution is 2.19. The lowest BCUT2D eigenvalue weighted by Gasteiger charge is -2.11. The maximum Gasteiger partial charge on any atom is 0.251 e. The molecular formula is C18H19BrN2O2. The van der Waals surface area contributed by atoms with Crippen molar-refractivity contribution >= 4 is 33.4 Å². The SMILES string of the molecule is Cc1cccc(C)c1NC(=O)CCNC(=O)c1ccc(Br)cc1. The van der Waals surface area contributed by atoms with E-state index in [0.717, 1.165) is 21.3 Å². The Bertz CT molecular complexity index is 691. The molecular weight excluding hydrogens is 356 g/mol. The fraction of sp³-hybridized carbons (Fsp3) is 0.222. The van der Waals surface area contributed by atoms with Crippen LogP contribution in [0.3, 0.4) is 0 Å². The van der Waals surface area contributed by atoms with Gasteiger partial charge in [-0.05, 0) is 49.2 Å². The van der Waals surface area contributed by atoms with E-state index in [0.29, 0.717) is 12.1 Å². The first-order chi connectivity index (χ1) is 11.0.